The van der Waals surface area contributed by atoms with Crippen LogP contribution in [0.25, 0.3) is 0 Å². The zero-order chi connectivity index (χ0) is 15.6. The maximum atomic E-state index is 11.8. The van der Waals surface area contributed by atoms with E-state index in [-0.39, 0.29) is 0 Å². The minimum absolute atomic E-state index is 0.372. The quantitative estimate of drug-likeness (QED) is 0.823. The third-order valence-corrected chi connectivity index (χ3v) is 6.57. The zero-order valence-corrected chi connectivity index (χ0v) is 14.3. The smallest absolute Gasteiger partial charge is 0.237 e. The Labute approximate surface area is 128 Å². The Bertz CT molecular complexity index is 489. The van der Waals surface area contributed by atoms with Gasteiger partial charge in [-0.3, -0.25) is 9.62 Å². The number of aliphatic imine (C=N–C) groups is 1. The van der Waals surface area contributed by atoms with Crippen molar-refractivity contribution in [2.24, 2.45) is 16.8 Å². The highest BCUT2D eigenvalue weighted by atomic mass is 32.2. The molecule has 0 aromatic heterocycles. The first-order valence-electron chi connectivity index (χ1n) is 7.85. The van der Waals surface area contributed by atoms with Gasteiger partial charge in [0, 0.05) is 6.04 Å². The third-order valence-electron chi connectivity index (χ3n) is 4.85. The number of rotatable bonds is 3. The maximum Gasteiger partial charge on any atom is 0.237 e. The molecule has 2 rings (SSSR count). The summed E-state index contributed by atoms with van der Waals surface area (Å²) in [5.41, 5.74) is 0. The molecule has 1 saturated carbocycles. The van der Waals surface area contributed by atoms with Crippen LogP contribution in [0.3, 0.4) is 0 Å². The monoisotopic (exact) mass is 316 g/mol. The number of nitrogens with one attached hydrogen (secondary N) is 2. The van der Waals surface area contributed by atoms with Gasteiger partial charge in [0.2, 0.25) is 16.0 Å². The van der Waals surface area contributed by atoms with E-state index in [4.69, 9.17) is 0 Å². The van der Waals surface area contributed by atoms with Crippen molar-refractivity contribution in [2.45, 2.75) is 58.2 Å². The van der Waals surface area contributed by atoms with Crippen molar-refractivity contribution in [1.82, 2.24) is 14.9 Å². The van der Waals surface area contributed by atoms with Gasteiger partial charge in [-0.1, -0.05) is 26.7 Å². The Hall–Kier alpha value is -0.820. The van der Waals surface area contributed by atoms with E-state index in [1.165, 1.54) is 19.3 Å². The van der Waals surface area contributed by atoms with Crippen molar-refractivity contribution >= 4 is 16.0 Å². The molecule has 0 amide bonds. The van der Waals surface area contributed by atoms with Crippen LogP contribution in [0.5, 0.6) is 0 Å². The molecule has 0 unspecified atom stereocenters. The number of sulfonamides is 1. The van der Waals surface area contributed by atoms with Gasteiger partial charge in [0.25, 0.3) is 0 Å². The van der Waals surface area contributed by atoms with E-state index in [9.17, 15) is 8.42 Å². The largest absolute Gasteiger partial charge is 0.343 e. The predicted molar refractivity (Wildman–Crippen MR) is 85.3 cm³/mol. The van der Waals surface area contributed by atoms with E-state index in [2.05, 4.69) is 33.8 Å². The molecule has 3 atom stereocenters. The fraction of sp³-hybridized carbons (Fsp3) is 0.929. The van der Waals surface area contributed by atoms with Crippen LogP contribution in [0.2, 0.25) is 0 Å². The first kappa shape index (κ1) is 16.5. The summed E-state index contributed by atoms with van der Waals surface area (Å²) >= 11 is 0. The summed E-state index contributed by atoms with van der Waals surface area (Å²) in [4.78, 5) is 6.67. The average molecular weight is 316 g/mol. The van der Waals surface area contributed by atoms with Crippen molar-refractivity contribution in [3.05, 3.63) is 0 Å². The predicted octanol–water partition coefficient (Wildman–Crippen LogP) is 1.32. The normalized spacial score (nSPS) is 31.7. The molecule has 0 saturated heterocycles. The first-order valence-corrected chi connectivity index (χ1v) is 9.40. The van der Waals surface area contributed by atoms with Crippen molar-refractivity contribution in [2.75, 3.05) is 13.3 Å². The molecule has 21 heavy (non-hydrogen) atoms. The van der Waals surface area contributed by atoms with E-state index in [0.717, 1.165) is 5.92 Å². The Morgan fingerprint density at radius 3 is 2.62 bits per heavy atom. The van der Waals surface area contributed by atoms with Gasteiger partial charge in [0.05, 0.1) is 18.6 Å². The van der Waals surface area contributed by atoms with Gasteiger partial charge in [-0.15, -0.1) is 0 Å². The number of hydrogen-bond donors (Lipinski definition) is 2. The van der Waals surface area contributed by atoms with Crippen LogP contribution in [-0.2, 0) is 10.0 Å². The lowest BCUT2D eigenvalue weighted by Gasteiger charge is -2.42. The minimum atomic E-state index is -3.32. The number of nitrogens with zero attached hydrogens (tertiary/aromatic N) is 2. The van der Waals surface area contributed by atoms with Crippen molar-refractivity contribution in [3.63, 3.8) is 0 Å². The molecule has 0 aromatic carbocycles. The summed E-state index contributed by atoms with van der Waals surface area (Å²) in [5, 5.41) is 2.64. The highest BCUT2D eigenvalue weighted by Gasteiger charge is 2.32. The molecule has 2 aliphatic rings. The van der Waals surface area contributed by atoms with Crippen molar-refractivity contribution < 1.29 is 8.42 Å². The van der Waals surface area contributed by atoms with Gasteiger partial charge in [-0.05, 0) is 32.1 Å². The van der Waals surface area contributed by atoms with Gasteiger partial charge in [-0.25, -0.2) is 13.4 Å². The van der Waals surface area contributed by atoms with E-state index >= 15 is 0 Å². The molecule has 6 nitrogen and oxygen atoms in total. The molecule has 1 aliphatic carbocycles. The number of guanidine groups is 1. The van der Waals surface area contributed by atoms with Crippen LogP contribution in [-0.4, -0.2) is 43.9 Å². The molecule has 0 aromatic rings. The Kier molecular flexibility index (Phi) is 5.14. The molecule has 122 valence electrons. The van der Waals surface area contributed by atoms with Gasteiger partial charge < -0.3 is 5.32 Å². The second kappa shape index (κ2) is 6.52. The molecule has 2 N–H and O–H groups in total. The lowest BCUT2D eigenvalue weighted by Crippen LogP contribution is -2.55. The SMILES string of the molecule is CC(C)S(=O)(=O)NC1=NCN([C@H]2CCC[C@@H](C)[C@@H]2C)CN1. The van der Waals surface area contributed by atoms with Gasteiger partial charge >= 0.3 is 0 Å². The first-order chi connectivity index (χ1) is 9.81. The molecule has 0 spiro atoms. The molecule has 0 bridgehead atoms. The highest BCUT2D eigenvalue weighted by molar-refractivity contribution is 7.90. The van der Waals surface area contributed by atoms with Crippen LogP contribution >= 0.6 is 0 Å². The zero-order valence-electron chi connectivity index (χ0n) is 13.5. The van der Waals surface area contributed by atoms with Crippen LogP contribution in [0.1, 0.15) is 47.0 Å². The molecular formula is C14H28N4O2S. The minimum Gasteiger partial charge on any atom is -0.343 e. The van der Waals surface area contributed by atoms with E-state index in [0.29, 0.717) is 31.3 Å². The second-order valence-corrected chi connectivity index (χ2v) is 8.84. The topological polar surface area (TPSA) is 73.8 Å². The lowest BCUT2D eigenvalue weighted by atomic mass is 9.77. The standard InChI is InChI=1S/C14H28N4O2S/c1-10(2)21(19,20)17-14-15-8-18(9-16-14)13-7-5-6-11(3)12(13)4/h10-13H,5-9H2,1-4H3,(H2,15,16,17)/t11-,12+,13+/m1/s1. The molecule has 1 heterocycles. The Balaban J connectivity index is 1.95. The Morgan fingerprint density at radius 1 is 1.33 bits per heavy atom. The fourth-order valence-electron chi connectivity index (χ4n) is 3.06. The second-order valence-electron chi connectivity index (χ2n) is 6.60. The average Bonchev–Trinajstić information content (AvgIpc) is 2.42. The molecule has 1 aliphatic heterocycles. The molecule has 7 heteroatoms. The number of hydrogen-bond acceptors (Lipinski definition) is 5. The van der Waals surface area contributed by atoms with Gasteiger partial charge in [-0.2, -0.15) is 0 Å². The lowest BCUT2D eigenvalue weighted by molar-refractivity contribution is 0.0768. The summed E-state index contributed by atoms with van der Waals surface area (Å²) in [6.07, 6.45) is 3.78. The summed E-state index contributed by atoms with van der Waals surface area (Å²) in [7, 11) is -3.32. The van der Waals surface area contributed by atoms with Gasteiger partial charge in [0.15, 0.2) is 0 Å². The summed E-state index contributed by atoms with van der Waals surface area (Å²) in [5.74, 6) is 1.77. The summed E-state index contributed by atoms with van der Waals surface area (Å²) in [6, 6.07) is 0.535. The van der Waals surface area contributed by atoms with E-state index in [1.54, 1.807) is 13.8 Å². The van der Waals surface area contributed by atoms with Gasteiger partial charge in [0.1, 0.15) is 0 Å². The van der Waals surface area contributed by atoms with Crippen molar-refractivity contribution in [3.8, 4) is 0 Å². The van der Waals surface area contributed by atoms with Crippen LogP contribution in [0, 0.1) is 11.8 Å². The third kappa shape index (κ3) is 3.88. The Morgan fingerprint density at radius 2 is 2.05 bits per heavy atom. The van der Waals surface area contributed by atoms with E-state index < -0.39 is 15.3 Å². The highest BCUT2D eigenvalue weighted by Crippen LogP contribution is 2.32. The van der Waals surface area contributed by atoms with Crippen LogP contribution in [0.4, 0.5) is 0 Å². The fourth-order valence-corrected chi connectivity index (χ4v) is 3.70. The van der Waals surface area contributed by atoms with Crippen LogP contribution < -0.4 is 10.0 Å². The van der Waals surface area contributed by atoms with Crippen LogP contribution in [0.15, 0.2) is 4.99 Å². The summed E-state index contributed by atoms with van der Waals surface area (Å²) in [6.45, 7) is 9.16. The molecule has 0 radical (unpaired) electrons. The van der Waals surface area contributed by atoms with E-state index in [1.807, 2.05) is 0 Å². The maximum absolute atomic E-state index is 11.8. The molecule has 1 fully saturated rings. The molecular weight excluding hydrogens is 288 g/mol. The van der Waals surface area contributed by atoms with Crippen molar-refractivity contribution in [1.29, 1.82) is 0 Å². The summed E-state index contributed by atoms with van der Waals surface area (Å²) < 4.78 is 26.2.